The van der Waals surface area contributed by atoms with Crippen molar-refractivity contribution in [2.75, 3.05) is 29.6 Å². The normalized spacial score (nSPS) is 10.6. The topological polar surface area (TPSA) is 112 Å². The monoisotopic (exact) mass is 366 g/mol. The molecule has 27 heavy (non-hydrogen) atoms. The number of anilines is 3. The Kier molecular flexibility index (Phi) is 5.25. The van der Waals surface area contributed by atoms with Gasteiger partial charge in [0.1, 0.15) is 11.5 Å². The molecular weight excluding hydrogens is 344 g/mol. The van der Waals surface area contributed by atoms with E-state index in [1.54, 1.807) is 34.1 Å². The first-order chi connectivity index (χ1) is 12.9. The highest BCUT2D eigenvalue weighted by atomic mass is 16.3. The van der Waals surface area contributed by atoms with Crippen molar-refractivity contribution >= 4 is 17.8 Å². The highest BCUT2D eigenvalue weighted by Gasteiger charge is 2.14. The van der Waals surface area contributed by atoms with Crippen molar-refractivity contribution in [3.05, 3.63) is 59.7 Å². The third kappa shape index (κ3) is 4.35. The van der Waals surface area contributed by atoms with Gasteiger partial charge in [0.15, 0.2) is 0 Å². The fraction of sp³-hybridized carbons (Fsp3) is 0.211. The first kappa shape index (κ1) is 18.2. The minimum absolute atomic E-state index is 0.100. The molecule has 1 heterocycles. The quantitative estimate of drug-likeness (QED) is 0.608. The van der Waals surface area contributed by atoms with Gasteiger partial charge in [-0.05, 0) is 12.1 Å². The molecule has 140 valence electrons. The van der Waals surface area contributed by atoms with E-state index in [9.17, 15) is 10.2 Å². The Bertz CT molecular complexity index is 862. The van der Waals surface area contributed by atoms with Crippen LogP contribution in [-0.4, -0.2) is 39.3 Å². The molecule has 8 nitrogen and oxygen atoms in total. The maximum Gasteiger partial charge on any atom is 0.232 e. The van der Waals surface area contributed by atoms with E-state index in [1.165, 1.54) is 0 Å². The van der Waals surface area contributed by atoms with Gasteiger partial charge in [-0.25, -0.2) is 0 Å². The molecule has 0 unspecified atom stereocenters. The summed E-state index contributed by atoms with van der Waals surface area (Å²) < 4.78 is 0. The summed E-state index contributed by atoms with van der Waals surface area (Å²) in [6, 6.07) is 14.2. The van der Waals surface area contributed by atoms with Gasteiger partial charge >= 0.3 is 0 Å². The van der Waals surface area contributed by atoms with Crippen LogP contribution in [0.25, 0.3) is 0 Å². The highest BCUT2D eigenvalue weighted by molar-refractivity contribution is 5.45. The Morgan fingerprint density at radius 3 is 1.56 bits per heavy atom. The van der Waals surface area contributed by atoms with E-state index in [0.717, 1.165) is 11.1 Å². The number of rotatable bonds is 6. The van der Waals surface area contributed by atoms with Crippen LogP contribution in [0.5, 0.6) is 11.5 Å². The smallest absolute Gasteiger partial charge is 0.232 e. The van der Waals surface area contributed by atoms with E-state index in [-0.39, 0.29) is 17.4 Å². The van der Waals surface area contributed by atoms with E-state index in [4.69, 9.17) is 5.73 Å². The van der Waals surface area contributed by atoms with Crippen molar-refractivity contribution in [1.29, 1.82) is 0 Å². The first-order valence-electron chi connectivity index (χ1n) is 8.41. The van der Waals surface area contributed by atoms with E-state index in [1.807, 2.05) is 38.4 Å². The molecular formula is C19H22N6O2. The standard InChI is InChI=1S/C19H22N6O2/c1-24(11-13-7-3-5-9-15(13)26)18-21-17(20)22-19(23-18)25(2)12-14-8-4-6-10-16(14)27/h3-10,26-27H,11-12H2,1-2H3,(H2,20,21,22,23). The maximum atomic E-state index is 9.96. The molecule has 0 aliphatic rings. The Morgan fingerprint density at radius 1 is 0.741 bits per heavy atom. The molecule has 3 aromatic rings. The van der Waals surface area contributed by atoms with Gasteiger partial charge in [0.2, 0.25) is 17.8 Å². The number of nitrogen functional groups attached to an aromatic ring is 1. The number of nitrogens with zero attached hydrogens (tertiary/aromatic N) is 5. The molecule has 0 radical (unpaired) electrons. The number of para-hydroxylation sites is 2. The maximum absolute atomic E-state index is 9.96. The molecule has 0 aliphatic heterocycles. The van der Waals surface area contributed by atoms with Crippen molar-refractivity contribution in [1.82, 2.24) is 15.0 Å². The number of phenols is 2. The fourth-order valence-electron chi connectivity index (χ4n) is 2.65. The zero-order chi connectivity index (χ0) is 19.4. The molecule has 0 spiro atoms. The summed E-state index contributed by atoms with van der Waals surface area (Å²) in [6.45, 7) is 0.831. The van der Waals surface area contributed by atoms with E-state index in [0.29, 0.717) is 25.0 Å². The summed E-state index contributed by atoms with van der Waals surface area (Å²) in [4.78, 5) is 16.4. The Hall–Kier alpha value is -3.55. The number of nitrogens with two attached hydrogens (primary N) is 1. The van der Waals surface area contributed by atoms with Crippen molar-refractivity contribution in [2.24, 2.45) is 0 Å². The highest BCUT2D eigenvalue weighted by Crippen LogP contribution is 2.22. The minimum Gasteiger partial charge on any atom is -0.508 e. The molecule has 0 saturated heterocycles. The molecule has 4 N–H and O–H groups in total. The van der Waals surface area contributed by atoms with E-state index >= 15 is 0 Å². The third-order valence-corrected chi connectivity index (χ3v) is 4.11. The molecule has 0 atom stereocenters. The number of phenolic OH excluding ortho intramolecular Hbond substituents is 2. The van der Waals surface area contributed by atoms with Crippen LogP contribution in [0.2, 0.25) is 0 Å². The predicted octanol–water partition coefficient (Wildman–Crippen LogP) is 2.14. The van der Waals surface area contributed by atoms with E-state index in [2.05, 4.69) is 15.0 Å². The Morgan fingerprint density at radius 2 is 1.15 bits per heavy atom. The largest absolute Gasteiger partial charge is 0.508 e. The van der Waals surface area contributed by atoms with Gasteiger partial charge in [-0.3, -0.25) is 0 Å². The van der Waals surface area contributed by atoms with Gasteiger partial charge < -0.3 is 25.7 Å². The zero-order valence-corrected chi connectivity index (χ0v) is 15.2. The van der Waals surface area contributed by atoms with Crippen molar-refractivity contribution in [2.45, 2.75) is 13.1 Å². The fourth-order valence-corrected chi connectivity index (χ4v) is 2.65. The zero-order valence-electron chi connectivity index (χ0n) is 15.2. The molecule has 0 fully saturated rings. The number of aromatic nitrogens is 3. The lowest BCUT2D eigenvalue weighted by Gasteiger charge is -2.22. The Balaban J connectivity index is 1.81. The van der Waals surface area contributed by atoms with Crippen LogP contribution >= 0.6 is 0 Å². The van der Waals surface area contributed by atoms with Crippen LogP contribution in [0.15, 0.2) is 48.5 Å². The molecule has 0 saturated carbocycles. The second-order valence-electron chi connectivity index (χ2n) is 6.26. The lowest BCUT2D eigenvalue weighted by atomic mass is 10.2. The molecule has 1 aromatic heterocycles. The van der Waals surface area contributed by atoms with Gasteiger partial charge in [-0.15, -0.1) is 0 Å². The molecule has 3 rings (SSSR count). The average Bonchev–Trinajstić information content (AvgIpc) is 2.65. The van der Waals surface area contributed by atoms with Crippen molar-refractivity contribution in [3.8, 4) is 11.5 Å². The van der Waals surface area contributed by atoms with Crippen molar-refractivity contribution < 1.29 is 10.2 Å². The molecule has 0 amide bonds. The molecule has 0 aliphatic carbocycles. The summed E-state index contributed by atoms with van der Waals surface area (Å²) in [5.74, 6) is 1.31. The van der Waals surface area contributed by atoms with Crippen LogP contribution in [0.4, 0.5) is 17.8 Å². The number of benzene rings is 2. The van der Waals surface area contributed by atoms with Gasteiger partial charge in [0.05, 0.1) is 0 Å². The summed E-state index contributed by atoms with van der Waals surface area (Å²) in [7, 11) is 3.63. The van der Waals surface area contributed by atoms with Gasteiger partial charge in [0, 0.05) is 38.3 Å². The lowest BCUT2D eigenvalue weighted by molar-refractivity contribution is 0.467. The van der Waals surface area contributed by atoms with Crippen LogP contribution in [0.1, 0.15) is 11.1 Å². The van der Waals surface area contributed by atoms with Gasteiger partial charge in [-0.1, -0.05) is 36.4 Å². The Labute approximate surface area is 157 Å². The second-order valence-corrected chi connectivity index (χ2v) is 6.26. The number of aromatic hydroxyl groups is 2. The van der Waals surface area contributed by atoms with Crippen LogP contribution in [-0.2, 0) is 13.1 Å². The number of hydrogen-bond acceptors (Lipinski definition) is 8. The first-order valence-corrected chi connectivity index (χ1v) is 8.41. The van der Waals surface area contributed by atoms with Crippen LogP contribution < -0.4 is 15.5 Å². The van der Waals surface area contributed by atoms with E-state index < -0.39 is 0 Å². The van der Waals surface area contributed by atoms with Crippen LogP contribution in [0.3, 0.4) is 0 Å². The summed E-state index contributed by atoms with van der Waals surface area (Å²) in [5.41, 5.74) is 7.37. The minimum atomic E-state index is 0.100. The van der Waals surface area contributed by atoms with Gasteiger partial charge in [-0.2, -0.15) is 15.0 Å². The van der Waals surface area contributed by atoms with Gasteiger partial charge in [0.25, 0.3) is 0 Å². The third-order valence-electron chi connectivity index (χ3n) is 4.11. The average molecular weight is 366 g/mol. The van der Waals surface area contributed by atoms with Crippen molar-refractivity contribution in [3.63, 3.8) is 0 Å². The second kappa shape index (κ2) is 7.77. The molecule has 2 aromatic carbocycles. The molecule has 0 bridgehead atoms. The summed E-state index contributed by atoms with van der Waals surface area (Å²) >= 11 is 0. The SMILES string of the molecule is CN(Cc1ccccc1O)c1nc(N)nc(N(C)Cc2ccccc2O)n1. The predicted molar refractivity (Wildman–Crippen MR) is 105 cm³/mol. The van der Waals surface area contributed by atoms with Crippen LogP contribution in [0, 0.1) is 0 Å². The summed E-state index contributed by atoms with van der Waals surface area (Å²) in [6.07, 6.45) is 0. The summed E-state index contributed by atoms with van der Waals surface area (Å²) in [5, 5.41) is 19.9. The molecule has 8 heteroatoms. The lowest BCUT2D eigenvalue weighted by Crippen LogP contribution is -2.24. The number of hydrogen-bond donors (Lipinski definition) is 3.